The number of carbonyl (C=O) groups is 2. The van der Waals surface area contributed by atoms with Gasteiger partial charge in [-0.3, -0.25) is 4.79 Å². The molecular weight excluding hydrogens is 341 g/mol. The lowest BCUT2D eigenvalue weighted by atomic mass is 10.1. The van der Waals surface area contributed by atoms with Gasteiger partial charge < -0.3 is 14.7 Å². The van der Waals surface area contributed by atoms with E-state index in [0.29, 0.717) is 27.0 Å². The first-order valence-corrected chi connectivity index (χ1v) is 7.46. The molecule has 1 heterocycles. The Kier molecular flexibility index (Phi) is 4.15. The summed E-state index contributed by atoms with van der Waals surface area (Å²) >= 11 is 12.3. The number of ether oxygens (including phenoxy) is 1. The van der Waals surface area contributed by atoms with Crippen molar-refractivity contribution in [1.29, 1.82) is 0 Å². The molecule has 1 aliphatic heterocycles. The maximum atomic E-state index is 12.2. The molecular formula is C16H11Cl2NO4. The van der Waals surface area contributed by atoms with Crippen molar-refractivity contribution in [3.63, 3.8) is 0 Å². The van der Waals surface area contributed by atoms with Gasteiger partial charge in [-0.15, -0.1) is 0 Å². The van der Waals surface area contributed by atoms with Crippen LogP contribution in [0.25, 0.3) is 0 Å². The lowest BCUT2D eigenvalue weighted by Gasteiger charge is -2.30. The standard InChI is InChI=1S/C16H11Cl2NO4/c17-11-2-1-3-12(18)10(11)7-19-13-5-4-9(16(21)22)6-14(13)23-8-15(19)20/h1-6H,7-8H2,(H,21,22). The minimum atomic E-state index is -1.06. The SMILES string of the molecule is O=C(O)c1ccc2c(c1)OCC(=O)N2Cc1c(Cl)cccc1Cl. The molecule has 0 unspecified atom stereocenters. The van der Waals surface area contributed by atoms with Gasteiger partial charge in [-0.1, -0.05) is 29.3 Å². The predicted octanol–water partition coefficient (Wildman–Crippen LogP) is 3.62. The van der Waals surface area contributed by atoms with E-state index in [2.05, 4.69) is 0 Å². The maximum Gasteiger partial charge on any atom is 0.335 e. The summed E-state index contributed by atoms with van der Waals surface area (Å²) in [6.45, 7) is 0.0122. The van der Waals surface area contributed by atoms with Gasteiger partial charge in [-0.25, -0.2) is 4.79 Å². The van der Waals surface area contributed by atoms with Gasteiger partial charge in [-0.2, -0.15) is 0 Å². The molecule has 0 saturated carbocycles. The van der Waals surface area contributed by atoms with Crippen LogP contribution in [0, 0.1) is 0 Å². The molecule has 0 atom stereocenters. The fourth-order valence-corrected chi connectivity index (χ4v) is 2.87. The zero-order chi connectivity index (χ0) is 16.6. The van der Waals surface area contributed by atoms with Crippen molar-refractivity contribution in [3.05, 3.63) is 57.6 Å². The van der Waals surface area contributed by atoms with E-state index in [1.165, 1.54) is 17.0 Å². The van der Waals surface area contributed by atoms with Crippen LogP contribution in [0.15, 0.2) is 36.4 Å². The van der Waals surface area contributed by atoms with Crippen LogP contribution in [-0.4, -0.2) is 23.6 Å². The lowest BCUT2D eigenvalue weighted by molar-refractivity contribution is -0.121. The fraction of sp³-hybridized carbons (Fsp3) is 0.125. The number of carbonyl (C=O) groups excluding carboxylic acids is 1. The van der Waals surface area contributed by atoms with Crippen LogP contribution < -0.4 is 9.64 Å². The van der Waals surface area contributed by atoms with Crippen molar-refractivity contribution >= 4 is 40.8 Å². The first-order chi connectivity index (χ1) is 11.0. The van der Waals surface area contributed by atoms with Gasteiger partial charge in [0.05, 0.1) is 17.8 Å². The van der Waals surface area contributed by atoms with Crippen molar-refractivity contribution in [2.45, 2.75) is 6.54 Å². The molecule has 5 nitrogen and oxygen atoms in total. The molecule has 0 spiro atoms. The average molecular weight is 352 g/mol. The Labute approximate surface area is 142 Å². The topological polar surface area (TPSA) is 66.8 Å². The molecule has 118 valence electrons. The van der Waals surface area contributed by atoms with Crippen molar-refractivity contribution in [3.8, 4) is 5.75 Å². The van der Waals surface area contributed by atoms with E-state index in [4.69, 9.17) is 33.0 Å². The number of amides is 1. The monoisotopic (exact) mass is 351 g/mol. The van der Waals surface area contributed by atoms with Crippen LogP contribution in [-0.2, 0) is 11.3 Å². The minimum absolute atomic E-state index is 0.0915. The molecule has 7 heteroatoms. The van der Waals surface area contributed by atoms with E-state index >= 15 is 0 Å². The molecule has 2 aromatic carbocycles. The zero-order valence-electron chi connectivity index (χ0n) is 11.8. The third kappa shape index (κ3) is 2.98. The average Bonchev–Trinajstić information content (AvgIpc) is 2.52. The molecule has 0 radical (unpaired) electrons. The molecule has 2 aromatic rings. The maximum absolute atomic E-state index is 12.2. The van der Waals surface area contributed by atoms with Crippen LogP contribution in [0.2, 0.25) is 10.0 Å². The highest BCUT2D eigenvalue weighted by molar-refractivity contribution is 6.36. The third-order valence-electron chi connectivity index (χ3n) is 3.53. The first-order valence-electron chi connectivity index (χ1n) is 6.71. The van der Waals surface area contributed by atoms with Crippen LogP contribution in [0.4, 0.5) is 5.69 Å². The second-order valence-corrected chi connectivity index (χ2v) is 5.77. The van der Waals surface area contributed by atoms with Crippen molar-refractivity contribution < 1.29 is 19.4 Å². The number of carboxylic acids is 1. The number of aromatic carboxylic acids is 1. The van der Waals surface area contributed by atoms with E-state index < -0.39 is 5.97 Å². The smallest absolute Gasteiger partial charge is 0.335 e. The summed E-state index contributed by atoms with van der Waals surface area (Å²) in [6, 6.07) is 9.48. The van der Waals surface area contributed by atoms with Gasteiger partial charge >= 0.3 is 5.97 Å². The lowest BCUT2D eigenvalue weighted by Crippen LogP contribution is -2.38. The molecule has 3 rings (SSSR count). The number of nitrogens with zero attached hydrogens (tertiary/aromatic N) is 1. The second-order valence-electron chi connectivity index (χ2n) is 4.96. The Balaban J connectivity index is 2.01. The minimum Gasteiger partial charge on any atom is -0.482 e. The quantitative estimate of drug-likeness (QED) is 0.916. The van der Waals surface area contributed by atoms with Gasteiger partial charge in [0.1, 0.15) is 5.75 Å². The normalized spacial score (nSPS) is 13.5. The molecule has 23 heavy (non-hydrogen) atoms. The summed E-state index contributed by atoms with van der Waals surface area (Å²) in [4.78, 5) is 24.7. The van der Waals surface area contributed by atoms with Gasteiger partial charge in [0.15, 0.2) is 6.61 Å². The molecule has 0 aliphatic carbocycles. The Hall–Kier alpha value is -2.24. The number of hydrogen-bond acceptors (Lipinski definition) is 3. The van der Waals surface area contributed by atoms with Crippen LogP contribution in [0.5, 0.6) is 5.75 Å². The molecule has 0 aromatic heterocycles. The van der Waals surface area contributed by atoms with Crippen LogP contribution in [0.3, 0.4) is 0 Å². The van der Waals surface area contributed by atoms with E-state index in [1.54, 1.807) is 24.3 Å². The first kappa shape index (κ1) is 15.6. The molecule has 0 bridgehead atoms. The van der Waals surface area contributed by atoms with Gasteiger partial charge in [-0.05, 0) is 30.3 Å². The van der Waals surface area contributed by atoms with Gasteiger partial charge in [0.25, 0.3) is 5.91 Å². The van der Waals surface area contributed by atoms with E-state index in [0.717, 1.165) is 0 Å². The van der Waals surface area contributed by atoms with Crippen molar-refractivity contribution in [1.82, 2.24) is 0 Å². The Morgan fingerprint density at radius 2 is 1.91 bits per heavy atom. The number of carboxylic acid groups (broad SMARTS) is 1. The number of fused-ring (bicyclic) bond motifs is 1. The summed E-state index contributed by atoms with van der Waals surface area (Å²) in [5, 5.41) is 9.96. The number of rotatable bonds is 3. The largest absolute Gasteiger partial charge is 0.482 e. The van der Waals surface area contributed by atoms with Gasteiger partial charge in [0, 0.05) is 15.6 Å². The molecule has 1 aliphatic rings. The Bertz CT molecular complexity index is 786. The molecule has 0 fully saturated rings. The highest BCUT2D eigenvalue weighted by Gasteiger charge is 2.27. The van der Waals surface area contributed by atoms with Crippen molar-refractivity contribution in [2.24, 2.45) is 0 Å². The second kappa shape index (κ2) is 6.10. The molecule has 0 saturated heterocycles. The summed E-state index contributed by atoms with van der Waals surface area (Å²) in [5.41, 5.74) is 1.20. The van der Waals surface area contributed by atoms with Crippen molar-refractivity contribution in [2.75, 3.05) is 11.5 Å². The number of anilines is 1. The summed E-state index contributed by atoms with van der Waals surface area (Å²) in [6.07, 6.45) is 0. The Morgan fingerprint density at radius 3 is 2.57 bits per heavy atom. The number of halogens is 2. The van der Waals surface area contributed by atoms with Crippen LogP contribution >= 0.6 is 23.2 Å². The number of benzene rings is 2. The Morgan fingerprint density at radius 1 is 1.22 bits per heavy atom. The highest BCUT2D eigenvalue weighted by atomic mass is 35.5. The predicted molar refractivity (Wildman–Crippen MR) is 86.5 cm³/mol. The van der Waals surface area contributed by atoms with Gasteiger partial charge in [0.2, 0.25) is 0 Å². The van der Waals surface area contributed by atoms with E-state index in [1.807, 2.05) is 0 Å². The summed E-state index contributed by atoms with van der Waals surface area (Å²) in [7, 11) is 0. The third-order valence-corrected chi connectivity index (χ3v) is 4.24. The highest BCUT2D eigenvalue weighted by Crippen LogP contribution is 2.36. The van der Waals surface area contributed by atoms with E-state index in [9.17, 15) is 9.59 Å². The fourth-order valence-electron chi connectivity index (χ4n) is 2.35. The summed E-state index contributed by atoms with van der Waals surface area (Å²) < 4.78 is 5.33. The number of hydrogen-bond donors (Lipinski definition) is 1. The summed E-state index contributed by atoms with van der Waals surface area (Å²) in [5.74, 6) is -0.974. The molecule has 1 amide bonds. The molecule has 1 N–H and O–H groups in total. The van der Waals surface area contributed by atoms with E-state index in [-0.39, 0.29) is 24.6 Å². The zero-order valence-corrected chi connectivity index (χ0v) is 13.3. The van der Waals surface area contributed by atoms with Crippen LogP contribution in [0.1, 0.15) is 15.9 Å².